The summed E-state index contributed by atoms with van der Waals surface area (Å²) in [6.45, 7) is -0.0455. The fourth-order valence-electron chi connectivity index (χ4n) is 2.09. The Labute approximate surface area is 148 Å². The highest BCUT2D eigenvalue weighted by Crippen LogP contribution is 2.20. The van der Waals surface area contributed by atoms with E-state index in [-0.39, 0.29) is 18.2 Å². The van der Waals surface area contributed by atoms with Gasteiger partial charge in [-0.1, -0.05) is 63.6 Å². The minimum atomic E-state index is -3.48. The van der Waals surface area contributed by atoms with Crippen LogP contribution in [0.1, 0.15) is 11.5 Å². The van der Waals surface area contributed by atoms with Crippen molar-refractivity contribution in [1.29, 1.82) is 0 Å². The van der Waals surface area contributed by atoms with E-state index in [4.69, 9.17) is 4.52 Å². The molecule has 0 fully saturated rings. The Hall–Kier alpha value is -2.03. The number of hydrogen-bond acceptors (Lipinski definition) is 5. The van der Waals surface area contributed by atoms with E-state index in [9.17, 15) is 8.42 Å². The highest BCUT2D eigenvalue weighted by atomic mass is 79.9. The number of sulfonamides is 1. The standard InChI is InChI=1S/C16H14BrN3O3S/c17-14-8-4-7-13(9-14)16-19-15(23-20-16)10-18-24(21,22)11-12-5-2-1-3-6-12/h1-9,18H,10-11H2. The summed E-state index contributed by atoms with van der Waals surface area (Å²) >= 11 is 3.38. The Kier molecular flexibility index (Phi) is 5.08. The second kappa shape index (κ2) is 7.25. The van der Waals surface area contributed by atoms with Crippen LogP contribution in [-0.2, 0) is 22.3 Å². The lowest BCUT2D eigenvalue weighted by molar-refractivity contribution is 0.376. The summed E-state index contributed by atoms with van der Waals surface area (Å²) in [6, 6.07) is 16.4. The van der Waals surface area contributed by atoms with E-state index in [0.29, 0.717) is 11.4 Å². The van der Waals surface area contributed by atoms with Gasteiger partial charge in [-0.3, -0.25) is 0 Å². The Morgan fingerprint density at radius 3 is 2.62 bits per heavy atom. The first-order chi connectivity index (χ1) is 11.5. The van der Waals surface area contributed by atoms with E-state index in [1.165, 1.54) is 0 Å². The summed E-state index contributed by atoms with van der Waals surface area (Å²) in [6.07, 6.45) is 0. The number of hydrogen-bond donors (Lipinski definition) is 1. The molecule has 24 heavy (non-hydrogen) atoms. The quantitative estimate of drug-likeness (QED) is 0.678. The fourth-order valence-corrected chi connectivity index (χ4v) is 3.56. The molecule has 0 radical (unpaired) electrons. The molecule has 1 N–H and O–H groups in total. The predicted molar refractivity (Wildman–Crippen MR) is 93.3 cm³/mol. The van der Waals surface area contributed by atoms with E-state index < -0.39 is 10.0 Å². The van der Waals surface area contributed by atoms with E-state index in [0.717, 1.165) is 10.0 Å². The number of halogens is 1. The van der Waals surface area contributed by atoms with E-state index in [2.05, 4.69) is 30.8 Å². The Morgan fingerprint density at radius 1 is 1.08 bits per heavy atom. The molecular formula is C16H14BrN3O3S. The minimum absolute atomic E-state index is 0.0455. The molecule has 0 aliphatic carbocycles. The van der Waals surface area contributed by atoms with E-state index >= 15 is 0 Å². The van der Waals surface area contributed by atoms with Gasteiger partial charge in [0.05, 0.1) is 12.3 Å². The maximum atomic E-state index is 12.1. The number of aromatic nitrogens is 2. The van der Waals surface area contributed by atoms with Crippen molar-refractivity contribution in [2.75, 3.05) is 0 Å². The number of benzene rings is 2. The van der Waals surface area contributed by atoms with E-state index in [1.807, 2.05) is 30.3 Å². The van der Waals surface area contributed by atoms with Crippen LogP contribution in [0.25, 0.3) is 11.4 Å². The van der Waals surface area contributed by atoms with Gasteiger partial charge in [0.15, 0.2) is 0 Å². The lowest BCUT2D eigenvalue weighted by Gasteiger charge is -2.04. The van der Waals surface area contributed by atoms with Gasteiger partial charge in [-0.25, -0.2) is 13.1 Å². The molecule has 0 saturated carbocycles. The third-order valence-electron chi connectivity index (χ3n) is 3.19. The summed E-state index contributed by atoms with van der Waals surface area (Å²) in [5.41, 5.74) is 1.50. The van der Waals surface area contributed by atoms with Crippen LogP contribution in [0.3, 0.4) is 0 Å². The molecule has 0 bridgehead atoms. The van der Waals surface area contributed by atoms with Crippen LogP contribution in [0.4, 0.5) is 0 Å². The van der Waals surface area contributed by atoms with Crippen molar-refractivity contribution in [2.45, 2.75) is 12.3 Å². The average molecular weight is 408 g/mol. The maximum Gasteiger partial charge on any atom is 0.242 e. The van der Waals surface area contributed by atoms with Crippen LogP contribution in [0.2, 0.25) is 0 Å². The van der Waals surface area contributed by atoms with Crippen molar-refractivity contribution in [1.82, 2.24) is 14.9 Å². The van der Waals surface area contributed by atoms with Gasteiger partial charge in [0.2, 0.25) is 21.7 Å². The molecule has 0 unspecified atom stereocenters. The maximum absolute atomic E-state index is 12.1. The molecule has 1 aromatic heterocycles. The summed E-state index contributed by atoms with van der Waals surface area (Å²) in [7, 11) is -3.48. The van der Waals surface area contributed by atoms with Crippen molar-refractivity contribution < 1.29 is 12.9 Å². The topological polar surface area (TPSA) is 85.1 Å². The molecule has 1 heterocycles. The lowest BCUT2D eigenvalue weighted by Crippen LogP contribution is -2.24. The number of nitrogens with zero attached hydrogens (tertiary/aromatic N) is 2. The summed E-state index contributed by atoms with van der Waals surface area (Å²) in [4.78, 5) is 4.21. The largest absolute Gasteiger partial charge is 0.338 e. The van der Waals surface area contributed by atoms with Crippen molar-refractivity contribution in [3.63, 3.8) is 0 Å². The van der Waals surface area contributed by atoms with Crippen LogP contribution in [0.15, 0.2) is 63.6 Å². The zero-order valence-corrected chi connectivity index (χ0v) is 14.9. The van der Waals surface area contributed by atoms with Crippen molar-refractivity contribution in [2.24, 2.45) is 0 Å². The van der Waals surface area contributed by atoms with Crippen LogP contribution >= 0.6 is 15.9 Å². The second-order valence-corrected chi connectivity index (χ2v) is 7.81. The van der Waals surface area contributed by atoms with Gasteiger partial charge in [-0.05, 0) is 17.7 Å². The van der Waals surface area contributed by atoms with Gasteiger partial charge in [-0.2, -0.15) is 4.98 Å². The van der Waals surface area contributed by atoms with Crippen LogP contribution in [-0.4, -0.2) is 18.6 Å². The third kappa shape index (κ3) is 4.50. The fraction of sp³-hybridized carbons (Fsp3) is 0.125. The van der Waals surface area contributed by atoms with Gasteiger partial charge >= 0.3 is 0 Å². The Morgan fingerprint density at radius 2 is 1.88 bits per heavy atom. The minimum Gasteiger partial charge on any atom is -0.338 e. The smallest absolute Gasteiger partial charge is 0.242 e. The molecule has 124 valence electrons. The molecule has 0 aliphatic heterocycles. The van der Waals surface area contributed by atoms with Gasteiger partial charge < -0.3 is 4.52 Å². The third-order valence-corrected chi connectivity index (χ3v) is 4.98. The van der Waals surface area contributed by atoms with Gasteiger partial charge in [-0.15, -0.1) is 0 Å². The predicted octanol–water partition coefficient (Wildman–Crippen LogP) is 3.12. The highest BCUT2D eigenvalue weighted by molar-refractivity contribution is 9.10. The van der Waals surface area contributed by atoms with Crippen LogP contribution < -0.4 is 4.72 Å². The van der Waals surface area contributed by atoms with Crippen molar-refractivity contribution in [3.05, 3.63) is 70.5 Å². The molecule has 8 heteroatoms. The van der Waals surface area contributed by atoms with Crippen molar-refractivity contribution in [3.8, 4) is 11.4 Å². The van der Waals surface area contributed by atoms with E-state index in [1.54, 1.807) is 24.3 Å². The molecule has 0 aliphatic rings. The Bertz CT molecular complexity index is 927. The molecule has 0 atom stereocenters. The molecule has 0 amide bonds. The average Bonchev–Trinajstić information content (AvgIpc) is 3.03. The first-order valence-corrected chi connectivity index (χ1v) is 9.56. The number of nitrogens with one attached hydrogen (secondary N) is 1. The molecule has 0 saturated heterocycles. The van der Waals surface area contributed by atoms with Crippen molar-refractivity contribution >= 4 is 26.0 Å². The van der Waals surface area contributed by atoms with Gasteiger partial charge in [0, 0.05) is 10.0 Å². The van der Waals surface area contributed by atoms with Gasteiger partial charge in [0.25, 0.3) is 0 Å². The highest BCUT2D eigenvalue weighted by Gasteiger charge is 2.14. The Balaban J connectivity index is 1.65. The zero-order valence-electron chi connectivity index (χ0n) is 12.5. The molecule has 2 aromatic carbocycles. The van der Waals surface area contributed by atoms with Crippen LogP contribution in [0, 0.1) is 0 Å². The molecule has 3 aromatic rings. The second-order valence-electron chi connectivity index (χ2n) is 5.09. The first-order valence-electron chi connectivity index (χ1n) is 7.12. The molecule has 3 rings (SSSR count). The lowest BCUT2D eigenvalue weighted by atomic mass is 10.2. The molecular weight excluding hydrogens is 394 g/mol. The first kappa shape index (κ1) is 16.8. The van der Waals surface area contributed by atoms with Gasteiger partial charge in [0.1, 0.15) is 0 Å². The summed E-state index contributed by atoms with van der Waals surface area (Å²) in [5, 5.41) is 3.87. The summed E-state index contributed by atoms with van der Waals surface area (Å²) in [5.74, 6) is 0.524. The molecule has 0 spiro atoms. The number of rotatable bonds is 6. The molecule has 6 nitrogen and oxygen atoms in total. The SMILES string of the molecule is O=S(=O)(Cc1ccccc1)NCc1nc(-c2cccc(Br)c2)no1. The summed E-state index contributed by atoms with van der Waals surface area (Å²) < 4.78 is 32.6. The zero-order chi connectivity index (χ0) is 17.0. The monoisotopic (exact) mass is 407 g/mol. The van der Waals surface area contributed by atoms with Crippen LogP contribution in [0.5, 0.6) is 0 Å². The normalized spacial score (nSPS) is 11.5.